The second-order valence-corrected chi connectivity index (χ2v) is 5.36. The summed E-state index contributed by atoms with van der Waals surface area (Å²) in [6.07, 6.45) is 0. The molecule has 2 N–H and O–H groups in total. The zero-order valence-corrected chi connectivity index (χ0v) is 12.5. The molecule has 2 rings (SSSR count). The molecule has 5 nitrogen and oxygen atoms in total. The normalized spacial score (nSPS) is 10.6. The van der Waals surface area contributed by atoms with Crippen LogP contribution in [0.15, 0.2) is 23.6 Å². The molecule has 0 bridgehead atoms. The quantitative estimate of drug-likeness (QED) is 0.913. The minimum Gasteiger partial charge on any atom is -0.332 e. The molecule has 0 aliphatic heterocycles. The highest BCUT2D eigenvalue weighted by molar-refractivity contribution is 7.09. The molecule has 0 aromatic carbocycles. The van der Waals surface area contributed by atoms with Crippen LogP contribution in [-0.4, -0.2) is 27.3 Å². The van der Waals surface area contributed by atoms with Crippen molar-refractivity contribution in [1.29, 1.82) is 0 Å². The molecule has 0 spiro atoms. The zero-order valence-electron chi connectivity index (χ0n) is 11.7. The number of carbonyl (C=O) groups excluding carboxylic acids is 1. The Morgan fingerprint density at radius 1 is 1.40 bits per heavy atom. The molecular formula is C14H18N4OS. The molecular weight excluding hydrogens is 272 g/mol. The molecule has 0 saturated carbocycles. The molecule has 2 aromatic rings. The van der Waals surface area contributed by atoms with E-state index in [1.54, 1.807) is 10.3 Å². The third-order valence-electron chi connectivity index (χ3n) is 2.91. The number of amides is 1. The first kappa shape index (κ1) is 14.6. The van der Waals surface area contributed by atoms with Crippen LogP contribution in [0.2, 0.25) is 0 Å². The number of hydrogen-bond acceptors (Lipinski definition) is 5. The highest BCUT2D eigenvalue weighted by atomic mass is 32.1. The van der Waals surface area contributed by atoms with Gasteiger partial charge in [-0.1, -0.05) is 6.07 Å². The fourth-order valence-electron chi connectivity index (χ4n) is 1.88. The van der Waals surface area contributed by atoms with Crippen LogP contribution in [0.1, 0.15) is 33.8 Å². The van der Waals surface area contributed by atoms with Gasteiger partial charge < -0.3 is 10.6 Å². The standard InChI is InChI=1S/C14H18N4OS/c1-3-18(8-11-6-4-5-10(2)16-11)14(19)12-9-20-13(7-15)17-12/h4-6,9H,3,7-8,15H2,1-2H3. The lowest BCUT2D eigenvalue weighted by atomic mass is 10.3. The zero-order chi connectivity index (χ0) is 14.5. The van der Waals surface area contributed by atoms with Crippen molar-refractivity contribution in [2.45, 2.75) is 26.9 Å². The number of nitrogens with two attached hydrogens (primary N) is 1. The molecule has 0 fully saturated rings. The van der Waals surface area contributed by atoms with E-state index in [4.69, 9.17) is 5.73 Å². The smallest absolute Gasteiger partial charge is 0.273 e. The lowest BCUT2D eigenvalue weighted by Crippen LogP contribution is -2.31. The average Bonchev–Trinajstić information content (AvgIpc) is 2.93. The van der Waals surface area contributed by atoms with E-state index in [2.05, 4.69) is 9.97 Å². The van der Waals surface area contributed by atoms with Crippen LogP contribution in [0.4, 0.5) is 0 Å². The Morgan fingerprint density at radius 3 is 2.80 bits per heavy atom. The predicted molar refractivity (Wildman–Crippen MR) is 79.4 cm³/mol. The first-order valence-electron chi connectivity index (χ1n) is 6.50. The maximum Gasteiger partial charge on any atom is 0.273 e. The van der Waals surface area contributed by atoms with Gasteiger partial charge in [0.25, 0.3) is 5.91 Å². The van der Waals surface area contributed by atoms with Crippen molar-refractivity contribution in [3.8, 4) is 0 Å². The predicted octanol–water partition coefficient (Wildman–Crippen LogP) is 1.97. The van der Waals surface area contributed by atoms with Crippen LogP contribution >= 0.6 is 11.3 Å². The van der Waals surface area contributed by atoms with Crippen LogP contribution in [0, 0.1) is 6.92 Å². The summed E-state index contributed by atoms with van der Waals surface area (Å²) in [4.78, 5) is 22.8. The average molecular weight is 290 g/mol. The molecule has 106 valence electrons. The van der Waals surface area contributed by atoms with Gasteiger partial charge in [-0.05, 0) is 26.0 Å². The molecule has 0 radical (unpaired) electrons. The van der Waals surface area contributed by atoms with Gasteiger partial charge in [0.15, 0.2) is 0 Å². The number of thiazole rings is 1. The molecule has 20 heavy (non-hydrogen) atoms. The van der Waals surface area contributed by atoms with Crippen LogP contribution in [0.25, 0.3) is 0 Å². The summed E-state index contributed by atoms with van der Waals surface area (Å²) in [6.45, 7) is 5.36. The highest BCUT2D eigenvalue weighted by Crippen LogP contribution is 2.13. The molecule has 1 amide bonds. The van der Waals surface area contributed by atoms with E-state index in [-0.39, 0.29) is 5.91 Å². The summed E-state index contributed by atoms with van der Waals surface area (Å²) in [6, 6.07) is 5.82. The van der Waals surface area contributed by atoms with Gasteiger partial charge in [-0.3, -0.25) is 9.78 Å². The number of carbonyl (C=O) groups is 1. The first-order chi connectivity index (χ1) is 9.63. The summed E-state index contributed by atoms with van der Waals surface area (Å²) >= 11 is 1.42. The van der Waals surface area contributed by atoms with Crippen molar-refractivity contribution >= 4 is 17.2 Å². The van der Waals surface area contributed by atoms with Gasteiger partial charge in [0.1, 0.15) is 10.7 Å². The van der Waals surface area contributed by atoms with Crippen LogP contribution < -0.4 is 5.73 Å². The Balaban J connectivity index is 2.13. The summed E-state index contributed by atoms with van der Waals surface area (Å²) in [5.74, 6) is -0.0771. The van der Waals surface area contributed by atoms with E-state index < -0.39 is 0 Å². The number of pyridine rings is 1. The summed E-state index contributed by atoms with van der Waals surface area (Å²) in [5, 5.41) is 2.54. The topological polar surface area (TPSA) is 72.1 Å². The van der Waals surface area contributed by atoms with E-state index in [9.17, 15) is 4.79 Å². The fourth-order valence-corrected chi connectivity index (χ4v) is 2.52. The number of hydrogen-bond donors (Lipinski definition) is 1. The van der Waals surface area contributed by atoms with E-state index >= 15 is 0 Å². The number of nitrogens with zero attached hydrogens (tertiary/aromatic N) is 3. The van der Waals surface area contributed by atoms with Crippen molar-refractivity contribution in [3.63, 3.8) is 0 Å². The number of aromatic nitrogens is 2. The second-order valence-electron chi connectivity index (χ2n) is 4.42. The Bertz CT molecular complexity index is 596. The van der Waals surface area contributed by atoms with E-state index in [1.807, 2.05) is 32.0 Å². The van der Waals surface area contributed by atoms with Gasteiger partial charge in [0.2, 0.25) is 0 Å². The molecule has 2 aromatic heterocycles. The Hall–Kier alpha value is -1.79. The second kappa shape index (κ2) is 6.58. The van der Waals surface area contributed by atoms with Gasteiger partial charge in [-0.25, -0.2) is 4.98 Å². The first-order valence-corrected chi connectivity index (χ1v) is 7.38. The maximum atomic E-state index is 12.4. The summed E-state index contributed by atoms with van der Waals surface area (Å²) < 4.78 is 0. The molecule has 6 heteroatoms. The fraction of sp³-hybridized carbons (Fsp3) is 0.357. The summed E-state index contributed by atoms with van der Waals surface area (Å²) in [5.41, 5.74) is 7.82. The van der Waals surface area contributed by atoms with Gasteiger partial charge in [0, 0.05) is 24.2 Å². The third kappa shape index (κ3) is 3.40. The molecule has 0 saturated heterocycles. The van der Waals surface area contributed by atoms with Gasteiger partial charge in [0.05, 0.1) is 12.2 Å². The van der Waals surface area contributed by atoms with Gasteiger partial charge in [-0.15, -0.1) is 11.3 Å². The Labute approximate surface area is 122 Å². The molecule has 0 unspecified atom stereocenters. The monoisotopic (exact) mass is 290 g/mol. The Kier molecular flexibility index (Phi) is 4.81. The van der Waals surface area contributed by atoms with E-state index in [0.29, 0.717) is 25.3 Å². The van der Waals surface area contributed by atoms with E-state index in [0.717, 1.165) is 16.4 Å². The Morgan fingerprint density at radius 2 is 2.20 bits per heavy atom. The molecule has 0 aliphatic carbocycles. The summed E-state index contributed by atoms with van der Waals surface area (Å²) in [7, 11) is 0. The molecule has 0 atom stereocenters. The third-order valence-corrected chi connectivity index (χ3v) is 3.78. The molecule has 2 heterocycles. The van der Waals surface area contributed by atoms with Crippen molar-refractivity contribution in [2.75, 3.05) is 6.54 Å². The largest absolute Gasteiger partial charge is 0.332 e. The van der Waals surface area contributed by atoms with Crippen LogP contribution in [0.5, 0.6) is 0 Å². The SMILES string of the molecule is CCN(Cc1cccc(C)n1)C(=O)c1csc(CN)n1. The minimum atomic E-state index is -0.0771. The number of aryl methyl sites for hydroxylation is 1. The maximum absolute atomic E-state index is 12.4. The lowest BCUT2D eigenvalue weighted by molar-refractivity contribution is 0.0745. The number of rotatable bonds is 5. The van der Waals surface area contributed by atoms with Crippen molar-refractivity contribution in [1.82, 2.24) is 14.9 Å². The van der Waals surface area contributed by atoms with Crippen molar-refractivity contribution in [2.24, 2.45) is 5.73 Å². The van der Waals surface area contributed by atoms with E-state index in [1.165, 1.54) is 11.3 Å². The lowest BCUT2D eigenvalue weighted by Gasteiger charge is -2.19. The van der Waals surface area contributed by atoms with Crippen LogP contribution in [0.3, 0.4) is 0 Å². The van der Waals surface area contributed by atoms with Gasteiger partial charge >= 0.3 is 0 Å². The van der Waals surface area contributed by atoms with Crippen molar-refractivity contribution < 1.29 is 4.79 Å². The van der Waals surface area contributed by atoms with Crippen LogP contribution in [-0.2, 0) is 13.1 Å². The highest BCUT2D eigenvalue weighted by Gasteiger charge is 2.18. The molecule has 0 aliphatic rings. The van der Waals surface area contributed by atoms with Gasteiger partial charge in [-0.2, -0.15) is 0 Å². The minimum absolute atomic E-state index is 0.0771. The van der Waals surface area contributed by atoms with Crippen molar-refractivity contribution in [3.05, 3.63) is 45.7 Å².